The SMILES string of the molecule is NNc1cncc(N2CCC(N3CCOCC3)C2)n1. The van der Waals surface area contributed by atoms with E-state index in [-0.39, 0.29) is 0 Å². The molecule has 2 saturated heterocycles. The average molecular weight is 264 g/mol. The van der Waals surface area contributed by atoms with Gasteiger partial charge in [-0.1, -0.05) is 0 Å². The van der Waals surface area contributed by atoms with Crippen LogP contribution in [0.3, 0.4) is 0 Å². The molecule has 0 spiro atoms. The number of nitrogen functional groups attached to an aromatic ring is 1. The number of hydrogen-bond donors (Lipinski definition) is 2. The van der Waals surface area contributed by atoms with Gasteiger partial charge < -0.3 is 15.1 Å². The van der Waals surface area contributed by atoms with Crippen LogP contribution < -0.4 is 16.2 Å². The topological polar surface area (TPSA) is 79.5 Å². The number of nitrogens with two attached hydrogens (primary N) is 1. The Labute approximate surface area is 112 Å². The second kappa shape index (κ2) is 5.68. The zero-order valence-electron chi connectivity index (χ0n) is 11.0. The number of anilines is 2. The maximum Gasteiger partial charge on any atom is 0.160 e. The van der Waals surface area contributed by atoms with Crippen LogP contribution in [0, 0.1) is 0 Å². The molecule has 0 radical (unpaired) electrons. The van der Waals surface area contributed by atoms with Gasteiger partial charge in [-0.25, -0.2) is 10.8 Å². The molecule has 0 aliphatic carbocycles. The number of rotatable bonds is 3. The van der Waals surface area contributed by atoms with Crippen LogP contribution >= 0.6 is 0 Å². The molecule has 0 saturated carbocycles. The minimum Gasteiger partial charge on any atom is -0.379 e. The van der Waals surface area contributed by atoms with E-state index in [1.807, 2.05) is 0 Å². The van der Waals surface area contributed by atoms with Gasteiger partial charge >= 0.3 is 0 Å². The highest BCUT2D eigenvalue weighted by Crippen LogP contribution is 2.22. The van der Waals surface area contributed by atoms with Crippen molar-refractivity contribution in [1.82, 2.24) is 14.9 Å². The highest BCUT2D eigenvalue weighted by Gasteiger charge is 2.29. The number of nitrogens with one attached hydrogen (secondary N) is 1. The van der Waals surface area contributed by atoms with E-state index in [2.05, 4.69) is 25.2 Å². The molecule has 1 unspecified atom stereocenters. The third-order valence-corrected chi connectivity index (χ3v) is 3.82. The van der Waals surface area contributed by atoms with Gasteiger partial charge in [-0.2, -0.15) is 0 Å². The zero-order valence-corrected chi connectivity index (χ0v) is 11.0. The van der Waals surface area contributed by atoms with Crippen molar-refractivity contribution in [3.63, 3.8) is 0 Å². The van der Waals surface area contributed by atoms with Crippen LogP contribution in [0.5, 0.6) is 0 Å². The van der Waals surface area contributed by atoms with Crippen LogP contribution in [-0.2, 0) is 4.74 Å². The second-order valence-electron chi connectivity index (χ2n) is 4.94. The van der Waals surface area contributed by atoms with Crippen molar-refractivity contribution in [1.29, 1.82) is 0 Å². The first-order valence-electron chi connectivity index (χ1n) is 6.72. The lowest BCUT2D eigenvalue weighted by molar-refractivity contribution is 0.0209. The molecule has 7 nitrogen and oxygen atoms in total. The number of nitrogens with zero attached hydrogens (tertiary/aromatic N) is 4. The fourth-order valence-electron chi connectivity index (χ4n) is 2.77. The summed E-state index contributed by atoms with van der Waals surface area (Å²) in [5.74, 6) is 6.87. The van der Waals surface area contributed by atoms with Gasteiger partial charge in [-0.3, -0.25) is 9.88 Å². The van der Waals surface area contributed by atoms with Gasteiger partial charge in [0.05, 0.1) is 25.6 Å². The zero-order chi connectivity index (χ0) is 13.1. The van der Waals surface area contributed by atoms with E-state index in [0.29, 0.717) is 11.9 Å². The van der Waals surface area contributed by atoms with Crippen molar-refractivity contribution in [2.45, 2.75) is 12.5 Å². The summed E-state index contributed by atoms with van der Waals surface area (Å²) in [5.41, 5.74) is 2.54. The summed E-state index contributed by atoms with van der Waals surface area (Å²) in [5, 5.41) is 0. The molecule has 0 bridgehead atoms. The fraction of sp³-hybridized carbons (Fsp3) is 0.667. The normalized spacial score (nSPS) is 24.7. The number of hydrazine groups is 1. The van der Waals surface area contributed by atoms with E-state index in [4.69, 9.17) is 10.6 Å². The first-order chi connectivity index (χ1) is 9.36. The van der Waals surface area contributed by atoms with Crippen LogP contribution in [0.15, 0.2) is 12.4 Å². The smallest absolute Gasteiger partial charge is 0.160 e. The molecule has 1 atom stereocenters. The van der Waals surface area contributed by atoms with Crippen molar-refractivity contribution < 1.29 is 4.74 Å². The Hall–Kier alpha value is -1.44. The Bertz CT molecular complexity index is 422. The summed E-state index contributed by atoms with van der Waals surface area (Å²) in [6, 6.07) is 0.597. The molecule has 7 heteroatoms. The van der Waals surface area contributed by atoms with Crippen molar-refractivity contribution in [3.05, 3.63) is 12.4 Å². The predicted octanol–water partition coefficient (Wildman–Crippen LogP) is -0.327. The van der Waals surface area contributed by atoms with E-state index in [0.717, 1.165) is 45.2 Å². The lowest BCUT2D eigenvalue weighted by atomic mass is 10.2. The maximum atomic E-state index is 5.40. The first-order valence-corrected chi connectivity index (χ1v) is 6.72. The van der Waals surface area contributed by atoms with Gasteiger partial charge in [-0.05, 0) is 6.42 Å². The maximum absolute atomic E-state index is 5.40. The molecule has 2 aliphatic heterocycles. The lowest BCUT2D eigenvalue weighted by Gasteiger charge is -2.32. The quantitative estimate of drug-likeness (QED) is 0.572. The van der Waals surface area contributed by atoms with Crippen LogP contribution in [0.25, 0.3) is 0 Å². The highest BCUT2D eigenvalue weighted by atomic mass is 16.5. The molecule has 0 aromatic carbocycles. The molecule has 19 heavy (non-hydrogen) atoms. The second-order valence-corrected chi connectivity index (χ2v) is 4.94. The number of aromatic nitrogens is 2. The molecule has 1 aromatic heterocycles. The largest absolute Gasteiger partial charge is 0.379 e. The number of morpholine rings is 1. The fourth-order valence-corrected chi connectivity index (χ4v) is 2.77. The van der Waals surface area contributed by atoms with Gasteiger partial charge in [0.2, 0.25) is 0 Å². The van der Waals surface area contributed by atoms with E-state index >= 15 is 0 Å². The third-order valence-electron chi connectivity index (χ3n) is 3.82. The number of ether oxygens (including phenoxy) is 1. The van der Waals surface area contributed by atoms with E-state index in [9.17, 15) is 0 Å². The Morgan fingerprint density at radius 3 is 2.89 bits per heavy atom. The van der Waals surface area contributed by atoms with Crippen molar-refractivity contribution in [3.8, 4) is 0 Å². The molecule has 3 heterocycles. The summed E-state index contributed by atoms with van der Waals surface area (Å²) in [6.45, 7) is 5.79. The molecular weight excluding hydrogens is 244 g/mol. The molecule has 1 aromatic rings. The Morgan fingerprint density at radius 1 is 1.26 bits per heavy atom. The van der Waals surface area contributed by atoms with Gasteiger partial charge in [0.25, 0.3) is 0 Å². The molecule has 2 fully saturated rings. The third kappa shape index (κ3) is 2.78. The van der Waals surface area contributed by atoms with Crippen LogP contribution in [0.4, 0.5) is 11.6 Å². The molecule has 2 aliphatic rings. The summed E-state index contributed by atoms with van der Waals surface area (Å²) >= 11 is 0. The minimum atomic E-state index is 0.597. The van der Waals surface area contributed by atoms with Crippen LogP contribution in [0.1, 0.15) is 6.42 Å². The van der Waals surface area contributed by atoms with Gasteiger partial charge in [0, 0.05) is 32.2 Å². The summed E-state index contributed by atoms with van der Waals surface area (Å²) in [7, 11) is 0. The first kappa shape index (κ1) is 12.6. The minimum absolute atomic E-state index is 0.597. The highest BCUT2D eigenvalue weighted by molar-refractivity contribution is 5.44. The standard InChI is InChI=1S/C12H20N6O/c13-16-11-7-14-8-12(15-11)18-2-1-10(9-18)17-3-5-19-6-4-17/h7-8,10H,1-6,9,13H2,(H,15,16). The average Bonchev–Trinajstić information content (AvgIpc) is 2.98. The lowest BCUT2D eigenvalue weighted by Crippen LogP contribution is -2.44. The summed E-state index contributed by atoms with van der Waals surface area (Å²) < 4.78 is 5.40. The molecular formula is C12H20N6O. The van der Waals surface area contributed by atoms with Crippen LogP contribution in [-0.4, -0.2) is 60.3 Å². The van der Waals surface area contributed by atoms with Gasteiger partial charge in [-0.15, -0.1) is 0 Å². The molecule has 3 rings (SSSR count). The number of hydrogen-bond acceptors (Lipinski definition) is 7. The Balaban J connectivity index is 1.64. The summed E-state index contributed by atoms with van der Waals surface area (Å²) in [4.78, 5) is 13.4. The van der Waals surface area contributed by atoms with E-state index in [1.54, 1.807) is 12.4 Å². The summed E-state index contributed by atoms with van der Waals surface area (Å²) in [6.07, 6.45) is 4.59. The predicted molar refractivity (Wildman–Crippen MR) is 72.9 cm³/mol. The van der Waals surface area contributed by atoms with Gasteiger partial charge in [0.15, 0.2) is 5.82 Å². The van der Waals surface area contributed by atoms with E-state index in [1.165, 1.54) is 6.42 Å². The van der Waals surface area contributed by atoms with Crippen molar-refractivity contribution in [2.24, 2.45) is 5.84 Å². The molecule has 104 valence electrons. The Kier molecular flexibility index (Phi) is 3.77. The van der Waals surface area contributed by atoms with Crippen LogP contribution in [0.2, 0.25) is 0 Å². The van der Waals surface area contributed by atoms with Crippen molar-refractivity contribution in [2.75, 3.05) is 49.7 Å². The van der Waals surface area contributed by atoms with Crippen molar-refractivity contribution >= 4 is 11.6 Å². The van der Waals surface area contributed by atoms with E-state index < -0.39 is 0 Å². The molecule has 0 amide bonds. The van der Waals surface area contributed by atoms with Gasteiger partial charge in [0.1, 0.15) is 5.82 Å². The Morgan fingerprint density at radius 2 is 2.11 bits per heavy atom. The monoisotopic (exact) mass is 264 g/mol. The molecule has 3 N–H and O–H groups in total.